The third kappa shape index (κ3) is 7.05. The molecule has 0 aliphatic carbocycles. The fraction of sp³-hybridized carbons (Fsp3) is 0.375. The molecular weight excluding hydrogens is 531 g/mol. The Hall–Kier alpha value is -3.55. The van der Waals surface area contributed by atoms with Crippen molar-refractivity contribution in [1.29, 1.82) is 0 Å². The number of nitrogens with one attached hydrogen (secondary N) is 4. The second-order valence-electron chi connectivity index (χ2n) is 8.75. The fourth-order valence-electron chi connectivity index (χ4n) is 3.97. The Bertz CT molecular complexity index is 1240. The molecule has 10 nitrogen and oxygen atoms in total. The number of rotatable bonds is 9. The molecular formula is C24H25ClF3N5O5. The number of hydrogen-bond acceptors (Lipinski definition) is 7. The first-order chi connectivity index (χ1) is 17.8. The van der Waals surface area contributed by atoms with Gasteiger partial charge in [-0.15, -0.1) is 0 Å². The van der Waals surface area contributed by atoms with E-state index in [-0.39, 0.29) is 34.6 Å². The van der Waals surface area contributed by atoms with E-state index < -0.39 is 53.3 Å². The Labute approximate surface area is 220 Å². The van der Waals surface area contributed by atoms with Crippen molar-refractivity contribution in [3.05, 3.63) is 58.4 Å². The highest BCUT2D eigenvalue weighted by Crippen LogP contribution is 2.28. The normalized spacial score (nSPS) is 18.9. The van der Waals surface area contributed by atoms with Crippen molar-refractivity contribution in [2.75, 3.05) is 12.4 Å². The first kappa shape index (κ1) is 29.0. The molecule has 14 heteroatoms. The number of aromatic nitrogens is 1. The van der Waals surface area contributed by atoms with Crippen molar-refractivity contribution >= 4 is 40.8 Å². The van der Waals surface area contributed by atoms with Crippen LogP contribution in [-0.4, -0.2) is 59.0 Å². The number of anilines is 1. The summed E-state index contributed by atoms with van der Waals surface area (Å²) in [6.07, 6.45) is -6.09. The second kappa shape index (κ2) is 11.9. The van der Waals surface area contributed by atoms with Crippen molar-refractivity contribution < 1.29 is 37.5 Å². The van der Waals surface area contributed by atoms with Gasteiger partial charge in [0.1, 0.15) is 11.4 Å². The molecule has 0 radical (unpaired) electrons. The summed E-state index contributed by atoms with van der Waals surface area (Å²) in [4.78, 5) is 54.2. The van der Waals surface area contributed by atoms with E-state index in [1.54, 1.807) is 6.92 Å². The molecule has 1 aromatic heterocycles. The minimum Gasteiger partial charge on any atom is -0.371 e. The number of ketones is 1. The number of likely N-dealkylation sites (N-methyl/N-ethyl adjacent to an activating group) is 1. The van der Waals surface area contributed by atoms with Gasteiger partial charge in [-0.3, -0.25) is 24.5 Å². The molecule has 1 fully saturated rings. The summed E-state index contributed by atoms with van der Waals surface area (Å²) in [5, 5.41) is 20.0. The smallest absolute Gasteiger partial charge is 0.371 e. The first-order valence-corrected chi connectivity index (χ1v) is 11.8. The van der Waals surface area contributed by atoms with Crippen molar-refractivity contribution in [1.82, 2.24) is 20.9 Å². The van der Waals surface area contributed by atoms with Crippen LogP contribution in [0.3, 0.4) is 0 Å². The number of nitrogens with zero attached hydrogens (tertiary/aromatic N) is 1. The summed E-state index contributed by atoms with van der Waals surface area (Å²) in [5.74, 6) is -3.61. The molecule has 0 bridgehead atoms. The molecule has 1 aromatic carbocycles. The number of benzene rings is 1. The van der Waals surface area contributed by atoms with Gasteiger partial charge in [-0.25, -0.2) is 4.98 Å². The Kier molecular flexibility index (Phi) is 9.07. The van der Waals surface area contributed by atoms with Crippen molar-refractivity contribution in [3.63, 3.8) is 0 Å². The van der Waals surface area contributed by atoms with Gasteiger partial charge in [0.05, 0.1) is 17.3 Å². The Morgan fingerprint density at radius 2 is 1.92 bits per heavy atom. The maximum atomic E-state index is 13.2. The van der Waals surface area contributed by atoms with Gasteiger partial charge in [0.25, 0.3) is 11.8 Å². The van der Waals surface area contributed by atoms with Crippen LogP contribution in [0, 0.1) is 5.92 Å². The fourth-order valence-corrected chi connectivity index (χ4v) is 4.15. The number of pyridine rings is 1. The van der Waals surface area contributed by atoms with Gasteiger partial charge in [-0.1, -0.05) is 17.7 Å². The van der Waals surface area contributed by atoms with Gasteiger partial charge in [0, 0.05) is 17.0 Å². The molecule has 2 aromatic rings. The van der Waals surface area contributed by atoms with Gasteiger partial charge in [0.15, 0.2) is 12.0 Å². The highest BCUT2D eigenvalue weighted by molar-refractivity contribution is 6.31. The molecule has 0 saturated carbocycles. The van der Waals surface area contributed by atoms with Gasteiger partial charge < -0.3 is 21.1 Å². The predicted molar refractivity (Wildman–Crippen MR) is 130 cm³/mol. The van der Waals surface area contributed by atoms with Gasteiger partial charge in [-0.05, 0) is 57.1 Å². The molecule has 1 aliphatic rings. The maximum Gasteiger partial charge on any atom is 0.433 e. The molecule has 204 valence electrons. The zero-order valence-corrected chi connectivity index (χ0v) is 21.0. The quantitative estimate of drug-likeness (QED) is 0.298. The summed E-state index contributed by atoms with van der Waals surface area (Å²) in [6, 6.07) is 5.16. The first-order valence-electron chi connectivity index (χ1n) is 11.5. The number of Topliss-reactive ketones (excluding diaryl/α,β-unsaturated/α-hetero) is 1. The third-order valence-electron chi connectivity index (χ3n) is 5.86. The van der Waals surface area contributed by atoms with E-state index in [2.05, 4.69) is 26.3 Å². The number of alkyl halides is 3. The summed E-state index contributed by atoms with van der Waals surface area (Å²) in [6.45, 7) is 1.79. The molecule has 5 N–H and O–H groups in total. The largest absolute Gasteiger partial charge is 0.433 e. The Morgan fingerprint density at radius 1 is 1.21 bits per heavy atom. The summed E-state index contributed by atoms with van der Waals surface area (Å²) < 4.78 is 39.0. The zero-order chi connectivity index (χ0) is 28.2. The summed E-state index contributed by atoms with van der Waals surface area (Å²) in [7, 11) is 1.33. The lowest BCUT2D eigenvalue weighted by Crippen LogP contribution is -2.50. The van der Waals surface area contributed by atoms with Crippen LogP contribution in [0.2, 0.25) is 5.02 Å². The lowest BCUT2D eigenvalue weighted by atomic mass is 9.93. The zero-order valence-electron chi connectivity index (χ0n) is 20.2. The van der Waals surface area contributed by atoms with E-state index in [4.69, 9.17) is 11.6 Å². The SMILES string of the molecule is CNC(O)C(=O)[C@H](C[C@@H]1C[C@@H](C)NC1=O)NC(=O)c1cc(Cl)ccc1NC(=O)c1cccc(C(F)(F)F)n1. The second-order valence-corrected chi connectivity index (χ2v) is 9.18. The van der Waals surface area contributed by atoms with Crippen LogP contribution in [0.5, 0.6) is 0 Å². The standard InChI is InChI=1S/C24H25ClF3N5O5/c1-11-8-12(20(35)30-11)9-17(19(34)23(38)29-2)33-21(36)14-10-13(25)6-7-15(14)32-22(37)16-4-3-5-18(31-16)24(26,27)28/h3-7,10-12,17,23,29,38H,8-9H2,1-2H3,(H,30,35)(H,32,37)(H,33,36)/t11-,12+,17+,23?/m1/s1. The van der Waals surface area contributed by atoms with Crippen LogP contribution in [0.4, 0.5) is 18.9 Å². The molecule has 4 atom stereocenters. The summed E-state index contributed by atoms with van der Waals surface area (Å²) >= 11 is 6.03. The van der Waals surface area contributed by atoms with Crippen LogP contribution >= 0.6 is 11.6 Å². The summed E-state index contributed by atoms with van der Waals surface area (Å²) in [5.41, 5.74) is -2.15. The minimum atomic E-state index is -4.77. The number of aliphatic hydroxyl groups is 1. The van der Waals surface area contributed by atoms with Crippen LogP contribution < -0.4 is 21.3 Å². The van der Waals surface area contributed by atoms with Crippen molar-refractivity contribution in [2.24, 2.45) is 5.92 Å². The molecule has 3 amide bonds. The van der Waals surface area contributed by atoms with Gasteiger partial charge in [0.2, 0.25) is 5.91 Å². The van der Waals surface area contributed by atoms with E-state index in [0.717, 1.165) is 12.1 Å². The Balaban J connectivity index is 1.86. The number of halogens is 4. The lowest BCUT2D eigenvalue weighted by molar-refractivity contribution is -0.141. The van der Waals surface area contributed by atoms with E-state index in [0.29, 0.717) is 12.5 Å². The third-order valence-corrected chi connectivity index (χ3v) is 6.09. The van der Waals surface area contributed by atoms with Crippen molar-refractivity contribution in [3.8, 4) is 0 Å². The van der Waals surface area contributed by atoms with Crippen LogP contribution in [0.15, 0.2) is 36.4 Å². The highest BCUT2D eigenvalue weighted by Gasteiger charge is 2.36. The van der Waals surface area contributed by atoms with Crippen LogP contribution in [-0.2, 0) is 15.8 Å². The lowest BCUT2D eigenvalue weighted by Gasteiger charge is -2.23. The maximum absolute atomic E-state index is 13.2. The van der Waals surface area contributed by atoms with E-state index in [9.17, 15) is 37.5 Å². The van der Waals surface area contributed by atoms with Crippen molar-refractivity contribution in [2.45, 2.75) is 44.3 Å². The minimum absolute atomic E-state index is 0.0903. The topological polar surface area (TPSA) is 150 Å². The molecule has 1 saturated heterocycles. The number of carbonyl (C=O) groups is 4. The van der Waals surface area contributed by atoms with Gasteiger partial charge in [-0.2, -0.15) is 13.2 Å². The molecule has 0 spiro atoms. The predicted octanol–water partition coefficient (Wildman–Crippen LogP) is 2.13. The number of amides is 3. The van der Waals surface area contributed by atoms with Crippen LogP contribution in [0.1, 0.15) is 46.3 Å². The number of carbonyl (C=O) groups excluding carboxylic acids is 4. The van der Waals surface area contributed by atoms with E-state index in [1.807, 2.05) is 0 Å². The molecule has 1 aliphatic heterocycles. The molecule has 2 heterocycles. The molecule has 3 rings (SSSR count). The number of aliphatic hydroxyl groups excluding tert-OH is 1. The molecule has 1 unspecified atom stereocenters. The van der Waals surface area contributed by atoms with E-state index in [1.165, 1.54) is 25.2 Å². The molecule has 38 heavy (non-hydrogen) atoms. The van der Waals surface area contributed by atoms with Gasteiger partial charge >= 0.3 is 6.18 Å². The van der Waals surface area contributed by atoms with E-state index >= 15 is 0 Å². The highest BCUT2D eigenvalue weighted by atomic mass is 35.5. The monoisotopic (exact) mass is 555 g/mol. The average Bonchev–Trinajstić information content (AvgIpc) is 3.19. The average molecular weight is 556 g/mol. The van der Waals surface area contributed by atoms with Crippen LogP contribution in [0.25, 0.3) is 0 Å². The number of hydrogen-bond donors (Lipinski definition) is 5. The Morgan fingerprint density at radius 3 is 2.53 bits per heavy atom.